The van der Waals surface area contributed by atoms with Gasteiger partial charge in [0.25, 0.3) is 5.91 Å². The highest BCUT2D eigenvalue weighted by Gasteiger charge is 2.27. The van der Waals surface area contributed by atoms with E-state index in [1.807, 2.05) is 30.3 Å². The Kier molecular flexibility index (Phi) is 6.43. The summed E-state index contributed by atoms with van der Waals surface area (Å²) >= 11 is 1.41. The van der Waals surface area contributed by atoms with E-state index in [0.717, 1.165) is 10.5 Å². The molecule has 1 aliphatic heterocycles. The van der Waals surface area contributed by atoms with E-state index in [-0.39, 0.29) is 30.0 Å². The lowest BCUT2D eigenvalue weighted by molar-refractivity contribution is -0.123. The van der Waals surface area contributed by atoms with Crippen LogP contribution in [-0.4, -0.2) is 56.1 Å². The molecule has 0 radical (unpaired) electrons. The standard InChI is InChI=1S/C21H23N3O4S/c1-23(2)21(27)14-8-9-18-16(10-14)24(20(26)13-29-18)12-19(25)22-11-15-6-4-5-7-17(15)28-3/h4-10H,11-13H2,1-3H3,(H,22,25). The topological polar surface area (TPSA) is 79.0 Å². The molecule has 0 atom stereocenters. The third-order valence-corrected chi connectivity index (χ3v) is 5.57. The average Bonchev–Trinajstić information content (AvgIpc) is 2.73. The first-order valence-corrected chi connectivity index (χ1v) is 10.1. The smallest absolute Gasteiger partial charge is 0.253 e. The van der Waals surface area contributed by atoms with Crippen molar-refractivity contribution in [1.29, 1.82) is 0 Å². The molecule has 0 bridgehead atoms. The number of nitrogens with zero attached hydrogens (tertiary/aromatic N) is 2. The summed E-state index contributed by atoms with van der Waals surface area (Å²) in [7, 11) is 4.92. The first-order valence-electron chi connectivity index (χ1n) is 9.08. The van der Waals surface area contributed by atoms with E-state index in [9.17, 15) is 14.4 Å². The quantitative estimate of drug-likeness (QED) is 0.785. The van der Waals surface area contributed by atoms with Crippen molar-refractivity contribution in [3.8, 4) is 5.75 Å². The molecule has 8 heteroatoms. The number of hydrogen-bond donors (Lipinski definition) is 1. The summed E-state index contributed by atoms with van der Waals surface area (Å²) < 4.78 is 5.29. The molecule has 0 spiro atoms. The Morgan fingerprint density at radius 3 is 2.69 bits per heavy atom. The van der Waals surface area contributed by atoms with Crippen molar-refractivity contribution in [1.82, 2.24) is 10.2 Å². The van der Waals surface area contributed by atoms with E-state index in [1.54, 1.807) is 33.3 Å². The average molecular weight is 413 g/mol. The second-order valence-corrected chi connectivity index (χ2v) is 7.76. The molecule has 0 aromatic heterocycles. The fourth-order valence-electron chi connectivity index (χ4n) is 3.01. The number of carbonyl (C=O) groups excluding carboxylic acids is 3. The first-order chi connectivity index (χ1) is 13.9. The molecule has 3 rings (SSSR count). The maximum Gasteiger partial charge on any atom is 0.253 e. The molecule has 1 aliphatic rings. The number of thioether (sulfide) groups is 1. The van der Waals surface area contributed by atoms with Gasteiger partial charge in [-0.1, -0.05) is 18.2 Å². The number of para-hydroxylation sites is 1. The van der Waals surface area contributed by atoms with Gasteiger partial charge in [0.2, 0.25) is 11.8 Å². The van der Waals surface area contributed by atoms with Crippen molar-refractivity contribution < 1.29 is 19.1 Å². The Balaban J connectivity index is 1.75. The van der Waals surface area contributed by atoms with Gasteiger partial charge in [-0.3, -0.25) is 14.4 Å². The number of fused-ring (bicyclic) bond motifs is 1. The van der Waals surface area contributed by atoms with Crippen LogP contribution < -0.4 is 15.0 Å². The van der Waals surface area contributed by atoms with E-state index < -0.39 is 0 Å². The van der Waals surface area contributed by atoms with E-state index in [1.165, 1.54) is 21.6 Å². The summed E-state index contributed by atoms with van der Waals surface area (Å²) in [4.78, 5) is 41.1. The predicted molar refractivity (Wildman–Crippen MR) is 112 cm³/mol. The molecule has 0 saturated heterocycles. The Bertz CT molecular complexity index is 945. The molecule has 0 unspecified atom stereocenters. The Labute approximate surface area is 174 Å². The molecule has 29 heavy (non-hydrogen) atoms. The van der Waals surface area contributed by atoms with Crippen molar-refractivity contribution >= 4 is 35.2 Å². The Morgan fingerprint density at radius 1 is 1.21 bits per heavy atom. The van der Waals surface area contributed by atoms with Gasteiger partial charge in [0.15, 0.2) is 0 Å². The van der Waals surface area contributed by atoms with Crippen LogP contribution in [0.15, 0.2) is 47.4 Å². The second-order valence-electron chi connectivity index (χ2n) is 6.74. The normalized spacial score (nSPS) is 12.9. The van der Waals surface area contributed by atoms with Gasteiger partial charge in [0.1, 0.15) is 12.3 Å². The molecule has 7 nitrogen and oxygen atoms in total. The second kappa shape index (κ2) is 9.00. The summed E-state index contributed by atoms with van der Waals surface area (Å²) in [6.07, 6.45) is 0. The molecule has 1 N–H and O–H groups in total. The Hall–Kier alpha value is -3.00. The van der Waals surface area contributed by atoms with Gasteiger partial charge in [-0.15, -0.1) is 11.8 Å². The summed E-state index contributed by atoms with van der Waals surface area (Å²) in [5.41, 5.74) is 1.91. The number of nitrogens with one attached hydrogen (secondary N) is 1. The van der Waals surface area contributed by atoms with Crippen LogP contribution in [0.25, 0.3) is 0 Å². The lowest BCUT2D eigenvalue weighted by Gasteiger charge is -2.29. The number of carbonyl (C=O) groups is 3. The summed E-state index contributed by atoms with van der Waals surface area (Å²) in [6, 6.07) is 12.7. The van der Waals surface area contributed by atoms with Gasteiger partial charge < -0.3 is 19.9 Å². The monoisotopic (exact) mass is 413 g/mol. The van der Waals surface area contributed by atoms with Crippen molar-refractivity contribution in [3.05, 3.63) is 53.6 Å². The lowest BCUT2D eigenvalue weighted by atomic mass is 10.1. The molecule has 0 saturated carbocycles. The van der Waals surface area contributed by atoms with E-state index >= 15 is 0 Å². The van der Waals surface area contributed by atoms with Gasteiger partial charge in [0.05, 0.1) is 18.6 Å². The SMILES string of the molecule is COc1ccccc1CNC(=O)CN1C(=O)CSc2ccc(C(=O)N(C)C)cc21. The number of methoxy groups -OCH3 is 1. The molecule has 0 aliphatic carbocycles. The van der Waals surface area contributed by atoms with E-state index in [4.69, 9.17) is 4.74 Å². The molecule has 2 aromatic rings. The highest BCUT2D eigenvalue weighted by Crippen LogP contribution is 2.36. The molecule has 3 amide bonds. The van der Waals surface area contributed by atoms with Crippen molar-refractivity contribution in [2.75, 3.05) is 38.4 Å². The number of anilines is 1. The van der Waals surface area contributed by atoms with Gasteiger partial charge >= 0.3 is 0 Å². The highest BCUT2D eigenvalue weighted by atomic mass is 32.2. The fraction of sp³-hybridized carbons (Fsp3) is 0.286. The zero-order valence-electron chi connectivity index (χ0n) is 16.6. The maximum atomic E-state index is 12.5. The molecule has 2 aromatic carbocycles. The van der Waals surface area contributed by atoms with Gasteiger partial charge in [-0.25, -0.2) is 0 Å². The number of amides is 3. The first kappa shape index (κ1) is 20.7. The largest absolute Gasteiger partial charge is 0.496 e. The van der Waals surface area contributed by atoms with Crippen LogP contribution in [0.1, 0.15) is 15.9 Å². The van der Waals surface area contributed by atoms with Crippen LogP contribution in [0.2, 0.25) is 0 Å². The third kappa shape index (κ3) is 4.71. The molecule has 1 heterocycles. The van der Waals surface area contributed by atoms with Crippen molar-refractivity contribution in [3.63, 3.8) is 0 Å². The lowest BCUT2D eigenvalue weighted by Crippen LogP contribution is -2.43. The van der Waals surface area contributed by atoms with Gasteiger partial charge in [0, 0.05) is 36.7 Å². The highest BCUT2D eigenvalue weighted by molar-refractivity contribution is 8.00. The minimum absolute atomic E-state index is 0.110. The number of rotatable bonds is 6. The zero-order valence-corrected chi connectivity index (χ0v) is 17.4. The van der Waals surface area contributed by atoms with Crippen LogP contribution in [0, 0.1) is 0 Å². The Morgan fingerprint density at radius 2 is 1.97 bits per heavy atom. The van der Waals surface area contributed by atoms with E-state index in [2.05, 4.69) is 5.32 Å². The van der Waals surface area contributed by atoms with Crippen molar-refractivity contribution in [2.24, 2.45) is 0 Å². The fourth-order valence-corrected chi connectivity index (χ4v) is 3.93. The third-order valence-electron chi connectivity index (χ3n) is 4.53. The minimum atomic E-state index is -0.286. The number of benzene rings is 2. The molecular weight excluding hydrogens is 390 g/mol. The van der Waals surface area contributed by atoms with Gasteiger partial charge in [-0.2, -0.15) is 0 Å². The van der Waals surface area contributed by atoms with Crippen LogP contribution in [0.4, 0.5) is 5.69 Å². The summed E-state index contributed by atoms with van der Waals surface area (Å²) in [5, 5.41) is 2.83. The summed E-state index contributed by atoms with van der Waals surface area (Å²) in [6.45, 7) is 0.187. The van der Waals surface area contributed by atoms with Crippen LogP contribution in [0.3, 0.4) is 0 Å². The number of ether oxygens (including phenoxy) is 1. The minimum Gasteiger partial charge on any atom is -0.496 e. The van der Waals surface area contributed by atoms with E-state index in [0.29, 0.717) is 23.5 Å². The van der Waals surface area contributed by atoms with Crippen LogP contribution >= 0.6 is 11.8 Å². The molecular formula is C21H23N3O4S. The molecule has 152 valence electrons. The summed E-state index contributed by atoms with van der Waals surface area (Å²) in [5.74, 6) is 0.344. The van der Waals surface area contributed by atoms with Crippen LogP contribution in [-0.2, 0) is 16.1 Å². The molecule has 0 fully saturated rings. The maximum absolute atomic E-state index is 12.5. The van der Waals surface area contributed by atoms with Crippen LogP contribution in [0.5, 0.6) is 5.75 Å². The van der Waals surface area contributed by atoms with Gasteiger partial charge in [-0.05, 0) is 24.3 Å². The predicted octanol–water partition coefficient (Wildman–Crippen LogP) is 2.15. The number of hydrogen-bond acceptors (Lipinski definition) is 5. The zero-order chi connectivity index (χ0) is 21.0. The van der Waals surface area contributed by atoms with Crippen molar-refractivity contribution in [2.45, 2.75) is 11.4 Å².